The van der Waals surface area contributed by atoms with E-state index in [9.17, 15) is 31.2 Å². The molecule has 11 heteroatoms. The lowest BCUT2D eigenvalue weighted by Crippen LogP contribution is -2.38. The molecule has 0 saturated carbocycles. The van der Waals surface area contributed by atoms with Gasteiger partial charge in [0.05, 0.1) is 16.5 Å². The van der Waals surface area contributed by atoms with Gasteiger partial charge in [0.2, 0.25) is 15.9 Å². The lowest BCUT2D eigenvalue weighted by atomic mass is 10.0. The normalized spacial score (nSPS) is 15.8. The summed E-state index contributed by atoms with van der Waals surface area (Å²) in [6, 6.07) is 9.67. The number of hydrogen-bond donors (Lipinski definition) is 1. The van der Waals surface area contributed by atoms with Crippen LogP contribution in [0.3, 0.4) is 0 Å². The minimum atomic E-state index is -4.61. The summed E-state index contributed by atoms with van der Waals surface area (Å²) in [6.45, 7) is 0.285. The van der Waals surface area contributed by atoms with E-state index in [-0.39, 0.29) is 28.5 Å². The molecule has 1 amide bonds. The fraction of sp³-hybridized carbons (Fsp3) is 0.273. The van der Waals surface area contributed by atoms with Crippen molar-refractivity contribution in [2.24, 2.45) is 0 Å². The molecule has 0 spiro atoms. The Hall–Kier alpha value is -3.18. The maximum absolute atomic E-state index is 13.2. The molecule has 2 heterocycles. The third kappa shape index (κ3) is 5.09. The maximum Gasteiger partial charge on any atom is 0.416 e. The SMILES string of the molecule is O=C1CCCN1CC(NS(=O)(=O)c1ccc2oc(=O)ccc2c1)c1cccc(C(F)(F)F)c1. The second-order valence-corrected chi connectivity index (χ2v) is 9.41. The third-order valence-electron chi connectivity index (χ3n) is 5.39. The molecule has 1 atom stereocenters. The van der Waals surface area contributed by atoms with Crippen LogP contribution in [0.2, 0.25) is 0 Å². The van der Waals surface area contributed by atoms with Gasteiger partial charge in [0.25, 0.3) is 0 Å². The summed E-state index contributed by atoms with van der Waals surface area (Å²) in [5.41, 5.74) is -1.23. The molecule has 1 unspecified atom stereocenters. The van der Waals surface area contributed by atoms with E-state index in [1.807, 2.05) is 0 Å². The van der Waals surface area contributed by atoms with Crippen LogP contribution in [-0.2, 0) is 21.0 Å². The van der Waals surface area contributed by atoms with Gasteiger partial charge in [0, 0.05) is 31.0 Å². The Morgan fingerprint density at radius 3 is 2.55 bits per heavy atom. The number of halogens is 3. The molecule has 1 N–H and O–H groups in total. The first-order valence-corrected chi connectivity index (χ1v) is 11.5. The van der Waals surface area contributed by atoms with Crippen LogP contribution < -0.4 is 10.3 Å². The smallest absolute Gasteiger partial charge is 0.416 e. The lowest BCUT2D eigenvalue weighted by Gasteiger charge is -2.25. The van der Waals surface area contributed by atoms with Gasteiger partial charge in [-0.25, -0.2) is 17.9 Å². The molecule has 174 valence electrons. The zero-order valence-corrected chi connectivity index (χ0v) is 17.9. The quantitative estimate of drug-likeness (QED) is 0.545. The molecule has 1 aliphatic rings. The summed E-state index contributed by atoms with van der Waals surface area (Å²) in [7, 11) is -4.21. The molecule has 0 radical (unpaired) electrons. The molecule has 33 heavy (non-hydrogen) atoms. The summed E-state index contributed by atoms with van der Waals surface area (Å²) in [5.74, 6) is -0.188. The second-order valence-electron chi connectivity index (χ2n) is 7.69. The molecular weight excluding hydrogens is 461 g/mol. The van der Waals surface area contributed by atoms with Crippen LogP contribution in [0.4, 0.5) is 13.2 Å². The zero-order valence-electron chi connectivity index (χ0n) is 17.1. The van der Waals surface area contributed by atoms with Gasteiger partial charge in [0.15, 0.2) is 0 Å². The number of carbonyl (C=O) groups is 1. The summed E-state index contributed by atoms with van der Waals surface area (Å²) in [5, 5.41) is 0.364. The summed E-state index contributed by atoms with van der Waals surface area (Å²) in [6.07, 6.45) is -3.71. The third-order valence-corrected chi connectivity index (χ3v) is 6.86. The number of rotatable bonds is 6. The Bertz CT molecular complexity index is 1370. The predicted octanol–water partition coefficient (Wildman–Crippen LogP) is 3.45. The number of fused-ring (bicyclic) bond motifs is 1. The molecular formula is C22H19F3N2O5S. The molecule has 3 aromatic rings. The number of benzene rings is 2. The number of nitrogens with one attached hydrogen (secondary N) is 1. The van der Waals surface area contributed by atoms with E-state index < -0.39 is 33.4 Å². The summed E-state index contributed by atoms with van der Waals surface area (Å²) < 4.78 is 73.5. The highest BCUT2D eigenvalue weighted by molar-refractivity contribution is 7.89. The Morgan fingerprint density at radius 2 is 1.85 bits per heavy atom. The van der Waals surface area contributed by atoms with Crippen molar-refractivity contribution < 1.29 is 30.8 Å². The maximum atomic E-state index is 13.2. The van der Waals surface area contributed by atoms with Crippen LogP contribution in [-0.4, -0.2) is 32.3 Å². The molecule has 7 nitrogen and oxygen atoms in total. The molecule has 0 aliphatic carbocycles. The van der Waals surface area contributed by atoms with Crippen molar-refractivity contribution in [3.8, 4) is 0 Å². The van der Waals surface area contributed by atoms with Gasteiger partial charge < -0.3 is 9.32 Å². The zero-order chi connectivity index (χ0) is 23.8. The highest BCUT2D eigenvalue weighted by Gasteiger charge is 2.33. The predicted molar refractivity (Wildman–Crippen MR) is 113 cm³/mol. The van der Waals surface area contributed by atoms with Crippen molar-refractivity contribution in [1.29, 1.82) is 0 Å². The molecule has 1 aromatic heterocycles. The van der Waals surface area contributed by atoms with E-state index in [0.29, 0.717) is 24.8 Å². The van der Waals surface area contributed by atoms with Crippen LogP contribution in [0.25, 0.3) is 11.0 Å². The monoisotopic (exact) mass is 480 g/mol. The summed E-state index contributed by atoms with van der Waals surface area (Å²) >= 11 is 0. The highest BCUT2D eigenvalue weighted by Crippen LogP contribution is 2.32. The van der Waals surface area contributed by atoms with Crippen LogP contribution in [0.5, 0.6) is 0 Å². The van der Waals surface area contributed by atoms with Crippen LogP contribution in [0.1, 0.15) is 30.0 Å². The van der Waals surface area contributed by atoms with Crippen molar-refractivity contribution in [2.45, 2.75) is 30.0 Å². The van der Waals surface area contributed by atoms with Crippen LogP contribution in [0.15, 0.2) is 68.7 Å². The Kier molecular flexibility index (Phi) is 6.02. The number of sulfonamides is 1. The second kappa shape index (κ2) is 8.64. The first-order valence-electron chi connectivity index (χ1n) is 10.0. The van der Waals surface area contributed by atoms with Gasteiger partial charge in [0.1, 0.15) is 5.58 Å². The first kappa shape index (κ1) is 23.0. The topological polar surface area (TPSA) is 96.7 Å². The van der Waals surface area contributed by atoms with Gasteiger partial charge >= 0.3 is 11.8 Å². The van der Waals surface area contributed by atoms with Crippen molar-refractivity contribution in [3.05, 3.63) is 76.1 Å². The summed E-state index contributed by atoms with van der Waals surface area (Å²) in [4.78, 5) is 24.7. The first-order chi connectivity index (χ1) is 15.5. The van der Waals surface area contributed by atoms with Crippen molar-refractivity contribution in [3.63, 3.8) is 0 Å². The van der Waals surface area contributed by atoms with Crippen molar-refractivity contribution in [2.75, 3.05) is 13.1 Å². The number of hydrogen-bond acceptors (Lipinski definition) is 5. The number of carbonyl (C=O) groups excluding carboxylic acids is 1. The van der Waals surface area contributed by atoms with E-state index in [1.165, 1.54) is 41.3 Å². The van der Waals surface area contributed by atoms with E-state index >= 15 is 0 Å². The van der Waals surface area contributed by atoms with E-state index in [1.54, 1.807) is 0 Å². The average molecular weight is 480 g/mol. The Balaban J connectivity index is 1.70. The average Bonchev–Trinajstić information content (AvgIpc) is 3.16. The van der Waals surface area contributed by atoms with Crippen molar-refractivity contribution in [1.82, 2.24) is 9.62 Å². The lowest BCUT2D eigenvalue weighted by molar-refractivity contribution is -0.137. The van der Waals surface area contributed by atoms with Crippen molar-refractivity contribution >= 4 is 26.9 Å². The van der Waals surface area contributed by atoms with Gasteiger partial charge in [-0.3, -0.25) is 4.79 Å². The van der Waals surface area contributed by atoms with Gasteiger partial charge in [-0.2, -0.15) is 13.2 Å². The molecule has 1 aliphatic heterocycles. The number of nitrogens with zero attached hydrogens (tertiary/aromatic N) is 1. The Morgan fingerprint density at radius 1 is 1.06 bits per heavy atom. The van der Waals surface area contributed by atoms with E-state index in [4.69, 9.17) is 4.42 Å². The van der Waals surface area contributed by atoms with Crippen LogP contribution in [0, 0.1) is 0 Å². The fourth-order valence-corrected chi connectivity index (χ4v) is 4.98. The Labute approximate surface area is 186 Å². The van der Waals surface area contributed by atoms with Gasteiger partial charge in [-0.05, 0) is 48.4 Å². The van der Waals surface area contributed by atoms with Gasteiger partial charge in [-0.15, -0.1) is 0 Å². The fourth-order valence-electron chi connectivity index (χ4n) is 3.73. The standard InChI is InChI=1S/C22H19F3N2O5S/c23-22(24,25)16-4-1-3-14(11-16)18(13-27-10-2-5-20(27)28)26-33(30,31)17-7-8-19-15(12-17)6-9-21(29)32-19/h1,3-4,6-9,11-12,18,26H,2,5,10,13H2. The van der Waals surface area contributed by atoms with E-state index in [0.717, 1.165) is 18.2 Å². The van der Waals surface area contributed by atoms with Gasteiger partial charge in [-0.1, -0.05) is 12.1 Å². The minimum Gasteiger partial charge on any atom is -0.423 e. The molecule has 1 fully saturated rings. The molecule has 0 bridgehead atoms. The molecule has 4 rings (SSSR count). The highest BCUT2D eigenvalue weighted by atomic mass is 32.2. The molecule has 2 aromatic carbocycles. The number of likely N-dealkylation sites (tertiary alicyclic amines) is 1. The minimum absolute atomic E-state index is 0.0832. The van der Waals surface area contributed by atoms with E-state index in [2.05, 4.69) is 4.72 Å². The largest absolute Gasteiger partial charge is 0.423 e. The number of alkyl halides is 3. The number of amides is 1. The molecule has 1 saturated heterocycles. The van der Waals surface area contributed by atoms with Crippen LogP contribution >= 0.6 is 0 Å².